The number of rotatable bonds is 2. The van der Waals surface area contributed by atoms with Gasteiger partial charge in [0.25, 0.3) is 0 Å². The molecular formula is C12H13NO2. The fraction of sp³-hybridized carbons (Fsp3) is 0.250. The van der Waals surface area contributed by atoms with Crippen molar-refractivity contribution in [1.82, 2.24) is 0 Å². The molecule has 3 nitrogen and oxygen atoms in total. The Morgan fingerprint density at radius 3 is 2.60 bits per heavy atom. The van der Waals surface area contributed by atoms with E-state index >= 15 is 0 Å². The molecule has 1 rings (SSSR count). The average Bonchev–Trinajstić information content (AvgIpc) is 2.25. The fourth-order valence-corrected chi connectivity index (χ4v) is 1.19. The van der Waals surface area contributed by atoms with Crippen LogP contribution in [-0.2, 0) is 4.74 Å². The van der Waals surface area contributed by atoms with E-state index in [1.165, 1.54) is 0 Å². The van der Waals surface area contributed by atoms with Crippen LogP contribution in [0.15, 0.2) is 24.3 Å². The van der Waals surface area contributed by atoms with Gasteiger partial charge in [0.1, 0.15) is 6.11 Å². The largest absolute Gasteiger partial charge is 0.377 e. The summed E-state index contributed by atoms with van der Waals surface area (Å²) in [6.45, 7) is 1.62. The van der Waals surface area contributed by atoms with Crippen molar-refractivity contribution in [1.29, 1.82) is 0 Å². The molecule has 3 heteroatoms. The van der Waals surface area contributed by atoms with Gasteiger partial charge in [-0.1, -0.05) is 18.1 Å². The first-order chi connectivity index (χ1) is 7.16. The lowest BCUT2D eigenvalue weighted by molar-refractivity contribution is 0.0691. The minimum atomic E-state index is -0.423. The molecule has 0 heterocycles. The summed E-state index contributed by atoms with van der Waals surface area (Å²) in [7, 11) is 3.75. The van der Waals surface area contributed by atoms with E-state index in [-0.39, 0.29) is 0 Å². The molecule has 0 N–H and O–H groups in total. The van der Waals surface area contributed by atoms with Crippen molar-refractivity contribution in [3.63, 3.8) is 0 Å². The van der Waals surface area contributed by atoms with Crippen LogP contribution in [0, 0.1) is 12.0 Å². The molecule has 0 aliphatic carbocycles. The van der Waals surface area contributed by atoms with Crippen LogP contribution >= 0.6 is 0 Å². The molecule has 0 saturated carbocycles. The van der Waals surface area contributed by atoms with E-state index < -0.39 is 5.97 Å². The SMILES string of the molecule is CC#COC(=O)c1ccccc1N(C)C. The molecule has 0 fully saturated rings. The maximum atomic E-state index is 11.6. The number of esters is 1. The Bertz CT molecular complexity index is 413. The van der Waals surface area contributed by atoms with E-state index in [2.05, 4.69) is 12.0 Å². The third kappa shape index (κ3) is 2.75. The Morgan fingerprint density at radius 1 is 1.33 bits per heavy atom. The number of hydrogen-bond donors (Lipinski definition) is 0. The molecular weight excluding hydrogens is 190 g/mol. The van der Waals surface area contributed by atoms with Crippen LogP contribution in [0.2, 0.25) is 0 Å². The second-order valence-corrected chi connectivity index (χ2v) is 3.15. The molecule has 0 atom stereocenters. The standard InChI is InChI=1S/C12H13NO2/c1-4-9-15-12(14)10-7-5-6-8-11(10)13(2)3/h5-8H,1-3H3. The third-order valence-corrected chi connectivity index (χ3v) is 1.85. The minimum Gasteiger partial charge on any atom is -0.377 e. The molecule has 0 saturated heterocycles. The lowest BCUT2D eigenvalue weighted by Crippen LogP contribution is -2.14. The molecule has 1 aromatic carbocycles. The predicted molar refractivity (Wildman–Crippen MR) is 59.6 cm³/mol. The van der Waals surface area contributed by atoms with Crippen molar-refractivity contribution < 1.29 is 9.53 Å². The third-order valence-electron chi connectivity index (χ3n) is 1.85. The van der Waals surface area contributed by atoms with Crippen LogP contribution in [0.4, 0.5) is 5.69 Å². The Morgan fingerprint density at radius 2 is 2.00 bits per heavy atom. The van der Waals surface area contributed by atoms with Crippen molar-refractivity contribution >= 4 is 11.7 Å². The van der Waals surface area contributed by atoms with Crippen LogP contribution in [-0.4, -0.2) is 20.1 Å². The van der Waals surface area contributed by atoms with E-state index in [0.29, 0.717) is 5.56 Å². The van der Waals surface area contributed by atoms with E-state index in [4.69, 9.17) is 4.74 Å². The highest BCUT2D eigenvalue weighted by Crippen LogP contribution is 2.18. The minimum absolute atomic E-state index is 0.423. The van der Waals surface area contributed by atoms with Crippen molar-refractivity contribution in [3.8, 4) is 12.0 Å². The van der Waals surface area contributed by atoms with Crippen molar-refractivity contribution in [2.45, 2.75) is 6.92 Å². The zero-order valence-electron chi connectivity index (χ0n) is 9.07. The van der Waals surface area contributed by atoms with Crippen LogP contribution in [0.3, 0.4) is 0 Å². The summed E-state index contributed by atoms with van der Waals surface area (Å²) in [4.78, 5) is 13.4. The Balaban J connectivity index is 3.00. The summed E-state index contributed by atoms with van der Waals surface area (Å²) < 4.78 is 4.74. The number of benzene rings is 1. The highest BCUT2D eigenvalue weighted by atomic mass is 16.5. The first kappa shape index (κ1) is 11.1. The molecule has 0 spiro atoms. The number of para-hydroxylation sites is 1. The Hall–Kier alpha value is -1.95. The predicted octanol–water partition coefficient (Wildman–Crippen LogP) is 1.89. The summed E-state index contributed by atoms with van der Waals surface area (Å²) in [5.74, 6) is 2.09. The average molecular weight is 203 g/mol. The number of hydrogen-bond acceptors (Lipinski definition) is 3. The molecule has 0 amide bonds. The van der Waals surface area contributed by atoms with Gasteiger partial charge in [0.15, 0.2) is 0 Å². The summed E-state index contributed by atoms with van der Waals surface area (Å²) >= 11 is 0. The molecule has 0 aliphatic heterocycles. The normalized spacial score (nSPS) is 8.73. The topological polar surface area (TPSA) is 29.5 Å². The molecule has 0 radical (unpaired) electrons. The summed E-state index contributed by atoms with van der Waals surface area (Å²) in [5, 5.41) is 0. The van der Waals surface area contributed by atoms with Gasteiger partial charge >= 0.3 is 5.97 Å². The van der Waals surface area contributed by atoms with Crippen LogP contribution in [0.5, 0.6) is 0 Å². The van der Waals surface area contributed by atoms with Crippen LogP contribution in [0.25, 0.3) is 0 Å². The Labute approximate surface area is 89.7 Å². The molecule has 15 heavy (non-hydrogen) atoms. The molecule has 0 bridgehead atoms. The first-order valence-electron chi connectivity index (χ1n) is 4.56. The van der Waals surface area contributed by atoms with Gasteiger partial charge in [0, 0.05) is 21.0 Å². The smallest absolute Gasteiger partial charge is 0.354 e. The zero-order valence-corrected chi connectivity index (χ0v) is 9.07. The number of carbonyl (C=O) groups excluding carboxylic acids is 1. The Kier molecular flexibility index (Phi) is 3.75. The maximum Gasteiger partial charge on any atom is 0.354 e. The van der Waals surface area contributed by atoms with Gasteiger partial charge in [-0.2, -0.15) is 0 Å². The second kappa shape index (κ2) is 5.06. The van der Waals surface area contributed by atoms with Crippen molar-refractivity contribution in [2.75, 3.05) is 19.0 Å². The van der Waals surface area contributed by atoms with Gasteiger partial charge in [-0.3, -0.25) is 0 Å². The van der Waals surface area contributed by atoms with E-state index in [1.807, 2.05) is 31.1 Å². The second-order valence-electron chi connectivity index (χ2n) is 3.15. The summed E-state index contributed by atoms with van der Waals surface area (Å²) in [6.07, 6.45) is 2.29. The van der Waals surface area contributed by atoms with Crippen molar-refractivity contribution in [2.24, 2.45) is 0 Å². The lowest BCUT2D eigenvalue weighted by Gasteiger charge is -2.15. The lowest BCUT2D eigenvalue weighted by atomic mass is 10.1. The van der Waals surface area contributed by atoms with Gasteiger partial charge in [-0.25, -0.2) is 4.79 Å². The van der Waals surface area contributed by atoms with E-state index in [9.17, 15) is 4.79 Å². The van der Waals surface area contributed by atoms with Crippen molar-refractivity contribution in [3.05, 3.63) is 29.8 Å². The highest BCUT2D eigenvalue weighted by molar-refractivity contribution is 5.96. The van der Waals surface area contributed by atoms with Gasteiger partial charge in [-0.05, 0) is 12.1 Å². The maximum absolute atomic E-state index is 11.6. The molecule has 78 valence electrons. The van der Waals surface area contributed by atoms with E-state index in [0.717, 1.165) is 5.69 Å². The number of anilines is 1. The van der Waals surface area contributed by atoms with Crippen LogP contribution < -0.4 is 4.90 Å². The van der Waals surface area contributed by atoms with Gasteiger partial charge in [0.05, 0.1) is 11.3 Å². The molecule has 1 aromatic rings. The number of nitrogens with zero attached hydrogens (tertiary/aromatic N) is 1. The molecule has 0 aliphatic rings. The first-order valence-corrected chi connectivity index (χ1v) is 4.56. The van der Waals surface area contributed by atoms with Gasteiger partial charge in [-0.15, -0.1) is 0 Å². The molecule has 0 unspecified atom stereocenters. The van der Waals surface area contributed by atoms with Crippen LogP contribution in [0.1, 0.15) is 17.3 Å². The van der Waals surface area contributed by atoms with E-state index in [1.54, 1.807) is 19.1 Å². The zero-order chi connectivity index (χ0) is 11.3. The highest BCUT2D eigenvalue weighted by Gasteiger charge is 2.12. The van der Waals surface area contributed by atoms with Gasteiger partial charge in [0.2, 0.25) is 0 Å². The summed E-state index contributed by atoms with van der Waals surface area (Å²) in [6, 6.07) is 7.24. The number of ether oxygens (including phenoxy) is 1. The monoisotopic (exact) mass is 203 g/mol. The van der Waals surface area contributed by atoms with Gasteiger partial charge < -0.3 is 9.64 Å². The number of carbonyl (C=O) groups is 1. The molecule has 0 aromatic heterocycles. The quantitative estimate of drug-likeness (QED) is 0.543. The fourth-order valence-electron chi connectivity index (χ4n) is 1.19. The summed E-state index contributed by atoms with van der Waals surface area (Å²) in [5.41, 5.74) is 1.34.